The molecule has 100 valence electrons. The van der Waals surface area contributed by atoms with E-state index in [0.29, 0.717) is 16.9 Å². The van der Waals surface area contributed by atoms with Crippen LogP contribution in [0, 0.1) is 3.57 Å². The van der Waals surface area contributed by atoms with Crippen molar-refractivity contribution in [2.75, 3.05) is 30.0 Å². The lowest BCUT2D eigenvalue weighted by atomic mass is 10.3. The number of benzene rings is 1. The lowest BCUT2D eigenvalue weighted by Gasteiger charge is -2.12. The molecule has 0 amide bonds. The largest absolute Gasteiger partial charge is 0.368 e. The first-order valence-corrected chi connectivity index (χ1v) is 6.82. The van der Waals surface area contributed by atoms with Crippen molar-refractivity contribution in [2.24, 2.45) is 0 Å². The minimum Gasteiger partial charge on any atom is -0.368 e. The molecule has 0 saturated heterocycles. The van der Waals surface area contributed by atoms with Gasteiger partial charge in [-0.1, -0.05) is 11.6 Å². The predicted octanol–water partition coefficient (Wildman–Crippen LogP) is 2.52. The summed E-state index contributed by atoms with van der Waals surface area (Å²) in [7, 11) is 3.68. The van der Waals surface area contributed by atoms with Crippen molar-refractivity contribution in [1.82, 2.24) is 15.0 Å². The molecular weight excluding hydrogens is 379 g/mol. The van der Waals surface area contributed by atoms with Crippen LogP contribution in [0.4, 0.5) is 23.5 Å². The lowest BCUT2D eigenvalue weighted by Crippen LogP contribution is -2.15. The van der Waals surface area contributed by atoms with Gasteiger partial charge in [-0.15, -0.1) is 0 Å². The third kappa shape index (κ3) is 3.57. The van der Waals surface area contributed by atoms with Gasteiger partial charge in [-0.25, -0.2) is 0 Å². The molecule has 0 unspecified atom stereocenters. The van der Waals surface area contributed by atoms with Gasteiger partial charge >= 0.3 is 0 Å². The molecule has 1 heterocycles. The van der Waals surface area contributed by atoms with Gasteiger partial charge in [-0.2, -0.15) is 15.0 Å². The Kier molecular flexibility index (Phi) is 4.25. The van der Waals surface area contributed by atoms with Crippen LogP contribution in [0.1, 0.15) is 0 Å². The highest BCUT2D eigenvalue weighted by molar-refractivity contribution is 14.1. The van der Waals surface area contributed by atoms with Crippen molar-refractivity contribution in [2.45, 2.75) is 0 Å². The number of hydrogen-bond donors (Lipinski definition) is 2. The molecule has 0 radical (unpaired) electrons. The monoisotopic (exact) mass is 390 g/mol. The highest BCUT2D eigenvalue weighted by Crippen LogP contribution is 2.24. The van der Waals surface area contributed by atoms with Gasteiger partial charge in [0.1, 0.15) is 0 Å². The van der Waals surface area contributed by atoms with Crippen molar-refractivity contribution in [1.29, 1.82) is 0 Å². The minimum absolute atomic E-state index is 0.171. The zero-order valence-electron chi connectivity index (χ0n) is 10.4. The maximum Gasteiger partial charge on any atom is 0.233 e. The van der Waals surface area contributed by atoms with E-state index in [1.54, 1.807) is 11.0 Å². The van der Waals surface area contributed by atoms with Crippen molar-refractivity contribution in [3.63, 3.8) is 0 Å². The Hall–Kier alpha value is -1.35. The van der Waals surface area contributed by atoms with Crippen LogP contribution in [0.5, 0.6) is 0 Å². The fourth-order valence-electron chi connectivity index (χ4n) is 1.35. The molecule has 2 rings (SSSR count). The number of halogens is 2. The fraction of sp³-hybridized carbons (Fsp3) is 0.182. The summed E-state index contributed by atoms with van der Waals surface area (Å²) in [6, 6.07) is 5.50. The van der Waals surface area contributed by atoms with E-state index in [9.17, 15) is 0 Å². The van der Waals surface area contributed by atoms with Gasteiger partial charge in [-0.05, 0) is 40.8 Å². The number of nitrogen functional groups attached to an aromatic ring is 1. The molecule has 1 aromatic heterocycles. The van der Waals surface area contributed by atoms with Crippen LogP contribution < -0.4 is 16.0 Å². The number of nitrogens with one attached hydrogen (secondary N) is 1. The first kappa shape index (κ1) is 14.1. The molecule has 0 aliphatic heterocycles. The molecule has 0 spiro atoms. The second kappa shape index (κ2) is 5.74. The van der Waals surface area contributed by atoms with E-state index in [2.05, 4.69) is 42.9 Å². The van der Waals surface area contributed by atoms with Gasteiger partial charge in [0.05, 0.1) is 5.69 Å². The normalized spacial score (nSPS) is 10.3. The average Bonchev–Trinajstić information content (AvgIpc) is 2.32. The zero-order chi connectivity index (χ0) is 14.0. The third-order valence-corrected chi connectivity index (χ3v) is 3.35. The molecule has 8 heteroatoms. The Labute approximate surface area is 129 Å². The average molecular weight is 391 g/mol. The second-order valence-corrected chi connectivity index (χ2v) is 5.56. The molecule has 0 aliphatic rings. The zero-order valence-corrected chi connectivity index (χ0v) is 13.3. The van der Waals surface area contributed by atoms with E-state index in [4.69, 9.17) is 17.3 Å². The Bertz CT molecular complexity index is 604. The maximum atomic E-state index is 5.91. The lowest BCUT2D eigenvalue weighted by molar-refractivity contribution is 0.969. The number of nitrogens with zero attached hydrogens (tertiary/aromatic N) is 4. The van der Waals surface area contributed by atoms with Crippen LogP contribution in [0.2, 0.25) is 5.02 Å². The summed E-state index contributed by atoms with van der Waals surface area (Å²) >= 11 is 8.10. The van der Waals surface area contributed by atoms with Gasteiger partial charge in [-0.3, -0.25) is 0 Å². The maximum absolute atomic E-state index is 5.91. The number of hydrogen-bond acceptors (Lipinski definition) is 6. The first-order valence-electron chi connectivity index (χ1n) is 5.36. The number of rotatable bonds is 3. The molecule has 2 aromatic rings. The van der Waals surface area contributed by atoms with Crippen LogP contribution in [0.3, 0.4) is 0 Å². The van der Waals surface area contributed by atoms with Gasteiger partial charge in [0.25, 0.3) is 0 Å². The highest BCUT2D eigenvalue weighted by Gasteiger charge is 2.08. The summed E-state index contributed by atoms with van der Waals surface area (Å²) < 4.78 is 0.968. The van der Waals surface area contributed by atoms with Crippen LogP contribution in [-0.2, 0) is 0 Å². The number of nitrogens with two attached hydrogens (primary N) is 1. The quantitative estimate of drug-likeness (QED) is 0.784. The van der Waals surface area contributed by atoms with Crippen molar-refractivity contribution in [3.8, 4) is 0 Å². The minimum atomic E-state index is 0.171. The summed E-state index contributed by atoms with van der Waals surface area (Å²) in [6.45, 7) is 0. The fourth-order valence-corrected chi connectivity index (χ4v) is 2.35. The van der Waals surface area contributed by atoms with Crippen molar-refractivity contribution < 1.29 is 0 Å². The SMILES string of the molecule is CN(C)c1nc(N)nc(Nc2ccc(Cl)cc2I)n1. The Morgan fingerprint density at radius 3 is 2.63 bits per heavy atom. The van der Waals surface area contributed by atoms with E-state index in [1.807, 2.05) is 26.2 Å². The standard InChI is InChI=1S/C11H12ClIN6/c1-19(2)11-17-9(14)16-10(18-11)15-8-4-3-6(12)5-7(8)13/h3-5H,1-2H3,(H3,14,15,16,17,18). The molecule has 0 atom stereocenters. The Morgan fingerprint density at radius 2 is 2.00 bits per heavy atom. The highest BCUT2D eigenvalue weighted by atomic mass is 127. The first-order chi connectivity index (χ1) is 8.95. The third-order valence-electron chi connectivity index (χ3n) is 2.22. The van der Waals surface area contributed by atoms with E-state index >= 15 is 0 Å². The van der Waals surface area contributed by atoms with Crippen molar-refractivity contribution >= 4 is 57.7 Å². The summed E-state index contributed by atoms with van der Waals surface area (Å²) in [4.78, 5) is 14.1. The van der Waals surface area contributed by atoms with E-state index < -0.39 is 0 Å². The predicted molar refractivity (Wildman–Crippen MR) is 86.0 cm³/mol. The van der Waals surface area contributed by atoms with Crippen LogP contribution in [0.15, 0.2) is 18.2 Å². The van der Waals surface area contributed by atoms with E-state index in [-0.39, 0.29) is 5.95 Å². The molecule has 6 nitrogen and oxygen atoms in total. The number of anilines is 4. The van der Waals surface area contributed by atoms with Crippen LogP contribution >= 0.6 is 34.2 Å². The van der Waals surface area contributed by atoms with E-state index in [0.717, 1.165) is 9.26 Å². The molecular formula is C11H12ClIN6. The summed E-state index contributed by atoms with van der Waals surface area (Å²) in [5.74, 6) is 1.07. The Balaban J connectivity index is 2.32. The van der Waals surface area contributed by atoms with Gasteiger partial charge in [0, 0.05) is 22.7 Å². The molecule has 0 bridgehead atoms. The second-order valence-electron chi connectivity index (χ2n) is 3.96. The van der Waals surface area contributed by atoms with Gasteiger partial charge < -0.3 is 16.0 Å². The van der Waals surface area contributed by atoms with Gasteiger partial charge in [0.15, 0.2) is 0 Å². The van der Waals surface area contributed by atoms with E-state index in [1.165, 1.54) is 0 Å². The summed E-state index contributed by atoms with van der Waals surface area (Å²) in [5, 5.41) is 3.78. The molecule has 0 aliphatic carbocycles. The smallest absolute Gasteiger partial charge is 0.233 e. The number of aromatic nitrogens is 3. The Morgan fingerprint density at radius 1 is 1.26 bits per heavy atom. The van der Waals surface area contributed by atoms with Gasteiger partial charge in [0.2, 0.25) is 17.8 Å². The van der Waals surface area contributed by atoms with Crippen LogP contribution in [0.25, 0.3) is 0 Å². The summed E-state index contributed by atoms with van der Waals surface area (Å²) in [6.07, 6.45) is 0. The van der Waals surface area contributed by atoms with Crippen molar-refractivity contribution in [3.05, 3.63) is 26.8 Å². The topological polar surface area (TPSA) is 80.0 Å². The van der Waals surface area contributed by atoms with Crippen LogP contribution in [-0.4, -0.2) is 29.0 Å². The molecule has 19 heavy (non-hydrogen) atoms. The molecule has 0 saturated carbocycles. The summed E-state index contributed by atoms with van der Waals surface area (Å²) in [5.41, 5.74) is 6.52. The molecule has 0 fully saturated rings. The molecule has 1 aromatic carbocycles. The molecule has 3 N–H and O–H groups in total.